The first-order valence-corrected chi connectivity index (χ1v) is 7.32. The monoisotopic (exact) mass is 335 g/mol. The second-order valence-electron chi connectivity index (χ2n) is 4.86. The number of aromatic amines is 1. The van der Waals surface area contributed by atoms with E-state index in [9.17, 15) is 4.79 Å². The number of aromatic nitrogens is 2. The van der Waals surface area contributed by atoms with Crippen molar-refractivity contribution in [1.82, 2.24) is 10.2 Å². The van der Waals surface area contributed by atoms with E-state index in [0.717, 1.165) is 0 Å². The van der Waals surface area contributed by atoms with Gasteiger partial charge in [0, 0.05) is 0 Å². The quantitative estimate of drug-likeness (QED) is 0.825. The molecule has 0 bridgehead atoms. The van der Waals surface area contributed by atoms with Crippen LogP contribution in [0.4, 0.5) is 5.69 Å². The molecule has 2 rings (SSSR count). The molecule has 0 unspecified atom stereocenters. The summed E-state index contributed by atoms with van der Waals surface area (Å²) in [6.07, 6.45) is 0. The van der Waals surface area contributed by atoms with Crippen LogP contribution in [0.3, 0.4) is 0 Å². The molecule has 0 aliphatic carbocycles. The molecule has 1 heterocycles. The Morgan fingerprint density at radius 1 is 1.32 bits per heavy atom. The predicted molar refractivity (Wildman–Crippen MR) is 92.0 cm³/mol. The molecule has 112 valence electrons. The van der Waals surface area contributed by atoms with Crippen LogP contribution in [-0.4, -0.2) is 24.5 Å². The van der Waals surface area contributed by atoms with Crippen LogP contribution in [-0.2, 0) is 0 Å². The Hall–Kier alpha value is -1.59. The van der Waals surface area contributed by atoms with Gasteiger partial charge in [-0.05, 0) is 0 Å². The van der Waals surface area contributed by atoms with Gasteiger partial charge in [-0.1, -0.05) is 0 Å². The molecule has 5 nitrogen and oxygen atoms in total. The average Bonchev–Trinajstić information content (AvgIpc) is 2.44. The summed E-state index contributed by atoms with van der Waals surface area (Å²) < 4.78 is 5.62. The fourth-order valence-electron chi connectivity index (χ4n) is 1.85. The number of halogens is 2. The zero-order chi connectivity index (χ0) is 16.3. The van der Waals surface area contributed by atoms with Crippen molar-refractivity contribution < 1.29 is 4.74 Å². The standard InChI is InChI=1S/C13H13B2Cl2N3O2/c1-6(2)8-5-11(19-20-13(8)21)22-12-9(16)3-7(18-15-14)4-10(12)17/h3-6,14,18H,1-2H3,(H,20,21). The molecular formula is C13H13B2Cl2N3O2. The summed E-state index contributed by atoms with van der Waals surface area (Å²) >= 11 is 12.3. The van der Waals surface area contributed by atoms with Crippen molar-refractivity contribution in [3.63, 3.8) is 0 Å². The number of ether oxygens (including phenoxy) is 1. The first kappa shape index (κ1) is 16.8. The molecule has 0 fully saturated rings. The SMILES string of the molecule is B=BNc1cc(Cl)c(Oc2cc(C(C)C)c(=O)[nH]n2)c(Cl)c1. The molecule has 0 saturated heterocycles. The summed E-state index contributed by atoms with van der Waals surface area (Å²) in [6.45, 7) is 5.33. The number of nitrogens with zero attached hydrogens (tertiary/aromatic N) is 1. The zero-order valence-electron chi connectivity index (χ0n) is 12.1. The topological polar surface area (TPSA) is 67.0 Å². The molecule has 9 heteroatoms. The Balaban J connectivity index is 2.37. The van der Waals surface area contributed by atoms with E-state index in [-0.39, 0.29) is 23.1 Å². The predicted octanol–water partition coefficient (Wildman–Crippen LogP) is 2.84. The number of H-pyrrole nitrogens is 1. The van der Waals surface area contributed by atoms with Gasteiger partial charge in [0.15, 0.2) is 0 Å². The molecule has 0 amide bonds. The Kier molecular flexibility index (Phi) is 5.42. The van der Waals surface area contributed by atoms with Crippen LogP contribution in [0.1, 0.15) is 25.3 Å². The van der Waals surface area contributed by atoms with E-state index in [1.165, 1.54) is 6.94 Å². The molecule has 1 aromatic heterocycles. The van der Waals surface area contributed by atoms with Crippen molar-refractivity contribution in [2.24, 2.45) is 0 Å². The molecular weight excluding hydrogens is 323 g/mol. The minimum atomic E-state index is -0.245. The summed E-state index contributed by atoms with van der Waals surface area (Å²) in [7, 11) is 3.57. The average molecular weight is 336 g/mol. The van der Waals surface area contributed by atoms with Crippen molar-refractivity contribution in [2.75, 3.05) is 5.23 Å². The molecule has 2 aromatic rings. The van der Waals surface area contributed by atoms with Crippen LogP contribution in [0, 0.1) is 0 Å². The normalized spacial score (nSPS) is 10.4. The number of hydrogen-bond acceptors (Lipinski definition) is 4. The Morgan fingerprint density at radius 2 is 1.95 bits per heavy atom. The first-order valence-electron chi connectivity index (χ1n) is 6.56. The summed E-state index contributed by atoms with van der Waals surface area (Å²) in [4.78, 5) is 11.7. The van der Waals surface area contributed by atoms with Gasteiger partial charge in [-0.3, -0.25) is 0 Å². The maximum absolute atomic E-state index is 11.7. The van der Waals surface area contributed by atoms with Gasteiger partial charge in [-0.2, -0.15) is 0 Å². The minimum absolute atomic E-state index is 0.0409. The van der Waals surface area contributed by atoms with Gasteiger partial charge < -0.3 is 0 Å². The van der Waals surface area contributed by atoms with Crippen molar-refractivity contribution in [1.29, 1.82) is 0 Å². The van der Waals surface area contributed by atoms with Gasteiger partial charge in [0.25, 0.3) is 0 Å². The zero-order valence-corrected chi connectivity index (χ0v) is 13.6. The molecule has 1 aromatic carbocycles. The van der Waals surface area contributed by atoms with Gasteiger partial charge in [0.05, 0.1) is 0 Å². The molecule has 0 atom stereocenters. The first-order chi connectivity index (χ1) is 10.4. The van der Waals surface area contributed by atoms with Crippen molar-refractivity contribution in [3.8, 4) is 11.6 Å². The van der Waals surface area contributed by atoms with E-state index >= 15 is 0 Å². The van der Waals surface area contributed by atoms with E-state index in [2.05, 4.69) is 22.8 Å². The van der Waals surface area contributed by atoms with Gasteiger partial charge in [0.1, 0.15) is 0 Å². The summed E-state index contributed by atoms with van der Waals surface area (Å²) in [6, 6.07) is 4.88. The second-order valence-corrected chi connectivity index (χ2v) is 5.68. The Morgan fingerprint density at radius 3 is 2.50 bits per heavy atom. The molecule has 2 N–H and O–H groups in total. The molecule has 0 aliphatic heterocycles. The number of benzene rings is 1. The van der Waals surface area contributed by atoms with Crippen LogP contribution in [0.2, 0.25) is 10.0 Å². The van der Waals surface area contributed by atoms with Crippen LogP contribution >= 0.6 is 23.2 Å². The van der Waals surface area contributed by atoms with Crippen LogP contribution in [0.15, 0.2) is 23.0 Å². The van der Waals surface area contributed by atoms with E-state index < -0.39 is 0 Å². The van der Waals surface area contributed by atoms with Gasteiger partial charge in [-0.25, -0.2) is 0 Å². The molecule has 0 radical (unpaired) electrons. The Labute approximate surface area is 139 Å². The van der Waals surface area contributed by atoms with Crippen molar-refractivity contribution in [3.05, 3.63) is 44.2 Å². The summed E-state index contributed by atoms with van der Waals surface area (Å²) in [5.41, 5.74) is 1.02. The molecule has 22 heavy (non-hydrogen) atoms. The van der Waals surface area contributed by atoms with Crippen LogP contribution in [0.25, 0.3) is 0 Å². The number of hydrogen-bond donors (Lipinski definition) is 2. The van der Waals surface area contributed by atoms with Gasteiger partial charge >= 0.3 is 139 Å². The fourth-order valence-corrected chi connectivity index (χ4v) is 2.41. The molecule has 0 saturated carbocycles. The number of rotatable bonds is 5. The van der Waals surface area contributed by atoms with E-state index in [1.807, 2.05) is 13.8 Å². The van der Waals surface area contributed by atoms with Gasteiger partial charge in [-0.15, -0.1) is 0 Å². The van der Waals surface area contributed by atoms with Crippen molar-refractivity contribution >= 4 is 43.2 Å². The third-order valence-corrected chi connectivity index (χ3v) is 3.47. The maximum atomic E-state index is 11.7. The van der Waals surface area contributed by atoms with Crippen molar-refractivity contribution in [2.45, 2.75) is 19.8 Å². The third-order valence-electron chi connectivity index (χ3n) is 2.90. The van der Waals surface area contributed by atoms with E-state index in [0.29, 0.717) is 21.3 Å². The summed E-state index contributed by atoms with van der Waals surface area (Å²) in [5.74, 6) is 0.531. The van der Waals surface area contributed by atoms with E-state index in [4.69, 9.17) is 27.9 Å². The van der Waals surface area contributed by atoms with Gasteiger partial charge in [0.2, 0.25) is 0 Å². The molecule has 0 spiro atoms. The Bertz CT molecular complexity index is 742. The van der Waals surface area contributed by atoms with Crippen LogP contribution < -0.4 is 15.5 Å². The van der Waals surface area contributed by atoms with Crippen LogP contribution in [0.5, 0.6) is 11.6 Å². The second kappa shape index (κ2) is 7.11. The number of nitrogens with one attached hydrogen (secondary N) is 2. The molecule has 0 aliphatic rings. The summed E-state index contributed by atoms with van der Waals surface area (Å²) in [5, 5.41) is 9.77. The third kappa shape index (κ3) is 3.78. The fraction of sp³-hybridized carbons (Fsp3) is 0.231. The van der Waals surface area contributed by atoms with E-state index in [1.54, 1.807) is 18.2 Å². The number of anilines is 1.